The Morgan fingerprint density at radius 1 is 1.12 bits per heavy atom. The van der Waals surface area contributed by atoms with Crippen LogP contribution in [0.5, 0.6) is 0 Å². The van der Waals surface area contributed by atoms with Gasteiger partial charge in [-0.25, -0.2) is 8.42 Å². The van der Waals surface area contributed by atoms with E-state index >= 15 is 0 Å². The molecule has 0 aromatic carbocycles. The lowest BCUT2D eigenvalue weighted by Crippen LogP contribution is -2.51. The molecule has 2 aliphatic rings. The van der Waals surface area contributed by atoms with Crippen LogP contribution in [-0.4, -0.2) is 68.5 Å². The van der Waals surface area contributed by atoms with Crippen LogP contribution < -0.4 is 10.6 Å². The van der Waals surface area contributed by atoms with Gasteiger partial charge in [0.15, 0.2) is 15.8 Å². The van der Waals surface area contributed by atoms with Gasteiger partial charge in [-0.2, -0.15) is 0 Å². The molecule has 0 atom stereocenters. The number of likely N-dealkylation sites (tertiary alicyclic amines) is 1. The van der Waals surface area contributed by atoms with E-state index in [1.165, 1.54) is 25.7 Å². The first-order valence-corrected chi connectivity index (χ1v) is 11.3. The fourth-order valence-corrected chi connectivity index (χ4v) is 4.66. The maximum atomic E-state index is 12.2. The van der Waals surface area contributed by atoms with Crippen LogP contribution in [0.15, 0.2) is 4.99 Å². The molecule has 1 aliphatic carbocycles. The number of piperidine rings is 1. The molecule has 146 valence electrons. The maximum Gasteiger partial charge on any atom is 0.191 e. The van der Waals surface area contributed by atoms with Crippen LogP contribution >= 0.6 is 0 Å². The van der Waals surface area contributed by atoms with Crippen LogP contribution in [0, 0.1) is 0 Å². The second kappa shape index (κ2) is 8.71. The van der Waals surface area contributed by atoms with E-state index in [1.807, 2.05) is 0 Å². The molecule has 25 heavy (non-hydrogen) atoms. The highest BCUT2D eigenvalue weighted by atomic mass is 32.2. The smallest absolute Gasteiger partial charge is 0.191 e. The van der Waals surface area contributed by atoms with E-state index < -0.39 is 14.6 Å². The first-order valence-electron chi connectivity index (χ1n) is 9.66. The summed E-state index contributed by atoms with van der Waals surface area (Å²) < 4.78 is 23.6. The Morgan fingerprint density at radius 3 is 2.24 bits per heavy atom. The van der Waals surface area contributed by atoms with Crippen LogP contribution in [-0.2, 0) is 9.84 Å². The minimum absolute atomic E-state index is 0.122. The molecular formula is C18H36N4O2S. The predicted octanol–water partition coefficient (Wildman–Crippen LogP) is 1.77. The van der Waals surface area contributed by atoms with E-state index in [0.717, 1.165) is 32.0 Å². The third kappa shape index (κ3) is 5.84. The Balaban J connectivity index is 1.72. The zero-order valence-electron chi connectivity index (χ0n) is 16.3. The molecule has 0 aromatic rings. The Labute approximate surface area is 153 Å². The summed E-state index contributed by atoms with van der Waals surface area (Å²) in [4.78, 5) is 6.90. The van der Waals surface area contributed by atoms with Gasteiger partial charge in [0, 0.05) is 38.8 Å². The summed E-state index contributed by atoms with van der Waals surface area (Å²) >= 11 is 0. The summed E-state index contributed by atoms with van der Waals surface area (Å²) in [5.74, 6) is 0.834. The zero-order valence-corrected chi connectivity index (χ0v) is 17.2. The summed E-state index contributed by atoms with van der Waals surface area (Å²) in [6, 6.07) is 1.23. The number of hydrogen-bond donors (Lipinski definition) is 2. The van der Waals surface area contributed by atoms with Crippen LogP contribution in [0.2, 0.25) is 0 Å². The fraction of sp³-hybridized carbons (Fsp3) is 0.944. The number of aliphatic imine (C=N–C) groups is 1. The average molecular weight is 373 g/mol. The number of nitrogens with one attached hydrogen (secondary N) is 2. The van der Waals surface area contributed by atoms with E-state index in [4.69, 9.17) is 0 Å². The Hall–Kier alpha value is -0.820. The van der Waals surface area contributed by atoms with E-state index in [0.29, 0.717) is 18.5 Å². The van der Waals surface area contributed by atoms with Gasteiger partial charge in [0.1, 0.15) is 0 Å². The number of guanidine groups is 1. The fourth-order valence-electron chi connectivity index (χ4n) is 3.68. The van der Waals surface area contributed by atoms with Gasteiger partial charge in [-0.05, 0) is 46.5 Å². The van der Waals surface area contributed by atoms with E-state index in [1.54, 1.807) is 27.8 Å². The molecule has 6 nitrogen and oxygen atoms in total. The minimum Gasteiger partial charge on any atom is -0.355 e. The molecule has 0 unspecified atom stereocenters. The molecule has 7 heteroatoms. The van der Waals surface area contributed by atoms with Crippen molar-refractivity contribution in [1.82, 2.24) is 15.5 Å². The predicted molar refractivity (Wildman–Crippen MR) is 105 cm³/mol. The van der Waals surface area contributed by atoms with Crippen molar-refractivity contribution in [3.63, 3.8) is 0 Å². The summed E-state index contributed by atoms with van der Waals surface area (Å²) in [5, 5.41) is 6.62. The average Bonchev–Trinajstić information content (AvgIpc) is 3.08. The standard InChI is InChI=1S/C18H36N4O2S/c1-18(2,3)25(23,24)14-11-20-17(19-4)21-15-9-12-22(13-10-15)16-7-5-6-8-16/h15-16H,5-14H2,1-4H3,(H2,19,20,21). The van der Waals surface area contributed by atoms with Crippen molar-refractivity contribution in [3.8, 4) is 0 Å². The largest absolute Gasteiger partial charge is 0.355 e. The molecule has 1 aliphatic heterocycles. The molecule has 0 aromatic heterocycles. The lowest BCUT2D eigenvalue weighted by atomic mass is 10.0. The molecule has 1 saturated carbocycles. The third-order valence-corrected chi connectivity index (χ3v) is 8.14. The highest BCUT2D eigenvalue weighted by Crippen LogP contribution is 2.26. The Bertz CT molecular complexity index is 540. The summed E-state index contributed by atoms with van der Waals surface area (Å²) in [7, 11) is -1.37. The number of nitrogens with zero attached hydrogens (tertiary/aromatic N) is 2. The lowest BCUT2D eigenvalue weighted by molar-refractivity contribution is 0.150. The summed E-state index contributed by atoms with van der Waals surface area (Å²) in [5.41, 5.74) is 0. The highest BCUT2D eigenvalue weighted by Gasteiger charge is 2.29. The van der Waals surface area contributed by atoms with Crippen molar-refractivity contribution in [2.45, 2.75) is 76.1 Å². The van der Waals surface area contributed by atoms with Crippen molar-refractivity contribution in [2.24, 2.45) is 4.99 Å². The monoisotopic (exact) mass is 372 g/mol. The number of sulfone groups is 1. The quantitative estimate of drug-likeness (QED) is 0.568. The zero-order chi connectivity index (χ0) is 18.5. The SMILES string of the molecule is CN=C(NCCS(=O)(=O)C(C)(C)C)NC1CCN(C2CCCC2)CC1. The lowest BCUT2D eigenvalue weighted by Gasteiger charge is -2.36. The van der Waals surface area contributed by atoms with Crippen LogP contribution in [0.3, 0.4) is 0 Å². The first-order chi connectivity index (χ1) is 11.7. The molecule has 1 heterocycles. The minimum atomic E-state index is -3.10. The number of hydrogen-bond acceptors (Lipinski definition) is 4. The van der Waals surface area contributed by atoms with Crippen molar-refractivity contribution in [3.05, 3.63) is 0 Å². The van der Waals surface area contributed by atoms with Gasteiger partial charge in [-0.15, -0.1) is 0 Å². The summed E-state index contributed by atoms with van der Waals surface area (Å²) in [6.07, 6.45) is 7.75. The van der Waals surface area contributed by atoms with Gasteiger partial charge in [0.05, 0.1) is 10.5 Å². The molecule has 2 fully saturated rings. The van der Waals surface area contributed by atoms with Crippen molar-refractivity contribution in [2.75, 3.05) is 32.4 Å². The van der Waals surface area contributed by atoms with E-state index in [9.17, 15) is 8.42 Å². The number of rotatable bonds is 5. The normalized spacial score (nSPS) is 22.3. The molecular weight excluding hydrogens is 336 g/mol. The van der Waals surface area contributed by atoms with Gasteiger partial charge in [-0.3, -0.25) is 4.99 Å². The van der Waals surface area contributed by atoms with E-state index in [-0.39, 0.29) is 5.75 Å². The Morgan fingerprint density at radius 2 is 1.72 bits per heavy atom. The third-order valence-electron chi connectivity index (χ3n) is 5.53. The molecule has 0 amide bonds. The first kappa shape index (κ1) is 20.5. The van der Waals surface area contributed by atoms with Crippen molar-refractivity contribution >= 4 is 15.8 Å². The van der Waals surface area contributed by atoms with Gasteiger partial charge < -0.3 is 15.5 Å². The van der Waals surface area contributed by atoms with Crippen LogP contribution in [0.4, 0.5) is 0 Å². The summed E-state index contributed by atoms with van der Waals surface area (Å²) in [6.45, 7) is 7.92. The highest BCUT2D eigenvalue weighted by molar-refractivity contribution is 7.92. The van der Waals surface area contributed by atoms with Gasteiger partial charge >= 0.3 is 0 Å². The molecule has 2 N–H and O–H groups in total. The van der Waals surface area contributed by atoms with Crippen molar-refractivity contribution < 1.29 is 8.42 Å². The molecule has 2 rings (SSSR count). The van der Waals surface area contributed by atoms with Gasteiger partial charge in [-0.1, -0.05) is 12.8 Å². The topological polar surface area (TPSA) is 73.8 Å². The van der Waals surface area contributed by atoms with E-state index in [2.05, 4.69) is 20.5 Å². The van der Waals surface area contributed by atoms with Gasteiger partial charge in [0.2, 0.25) is 0 Å². The maximum absolute atomic E-state index is 12.2. The molecule has 0 spiro atoms. The second-order valence-corrected chi connectivity index (χ2v) is 11.2. The molecule has 0 radical (unpaired) electrons. The second-order valence-electron chi connectivity index (χ2n) is 8.32. The van der Waals surface area contributed by atoms with Gasteiger partial charge in [0.25, 0.3) is 0 Å². The van der Waals surface area contributed by atoms with Crippen LogP contribution in [0.25, 0.3) is 0 Å². The Kier molecular flexibility index (Phi) is 7.14. The van der Waals surface area contributed by atoms with Crippen LogP contribution in [0.1, 0.15) is 59.3 Å². The molecule has 0 bridgehead atoms. The van der Waals surface area contributed by atoms with Crippen molar-refractivity contribution in [1.29, 1.82) is 0 Å². The molecule has 1 saturated heterocycles.